The summed E-state index contributed by atoms with van der Waals surface area (Å²) >= 11 is 0. The summed E-state index contributed by atoms with van der Waals surface area (Å²) in [7, 11) is 0. The normalized spacial score (nSPS) is 10.7. The number of nitro groups is 1. The van der Waals surface area contributed by atoms with Crippen LogP contribution < -0.4 is 5.43 Å². The van der Waals surface area contributed by atoms with E-state index in [-0.39, 0.29) is 11.6 Å². The lowest BCUT2D eigenvalue weighted by atomic mass is 10.2. The summed E-state index contributed by atoms with van der Waals surface area (Å²) < 4.78 is 1.94. The van der Waals surface area contributed by atoms with E-state index >= 15 is 0 Å². The summed E-state index contributed by atoms with van der Waals surface area (Å²) in [6, 6.07) is 16.8. The molecule has 0 aliphatic rings. The Bertz CT molecular complexity index is 899. The molecule has 25 heavy (non-hydrogen) atoms. The van der Waals surface area contributed by atoms with Crippen LogP contribution in [0.4, 0.5) is 5.69 Å². The lowest BCUT2D eigenvalue weighted by molar-refractivity contribution is -0.384. The predicted octanol–water partition coefficient (Wildman–Crippen LogP) is 3.15. The molecule has 0 unspecified atom stereocenters. The molecular weight excluding hydrogens is 320 g/mol. The first-order valence-corrected chi connectivity index (χ1v) is 7.45. The van der Waals surface area contributed by atoms with E-state index in [1.165, 1.54) is 18.3 Å². The van der Waals surface area contributed by atoms with Gasteiger partial charge in [0, 0.05) is 35.8 Å². The topological polar surface area (TPSA) is 89.5 Å². The highest BCUT2D eigenvalue weighted by Gasteiger charge is 2.05. The third-order valence-corrected chi connectivity index (χ3v) is 3.52. The zero-order valence-corrected chi connectivity index (χ0v) is 13.1. The van der Waals surface area contributed by atoms with Gasteiger partial charge in [-0.1, -0.05) is 0 Å². The van der Waals surface area contributed by atoms with Crippen molar-refractivity contribution in [1.82, 2.24) is 9.99 Å². The molecule has 0 radical (unpaired) electrons. The highest BCUT2D eigenvalue weighted by molar-refractivity contribution is 5.95. The second-order valence-corrected chi connectivity index (χ2v) is 5.18. The Morgan fingerprint density at radius 1 is 1.04 bits per heavy atom. The molecule has 0 bridgehead atoms. The molecule has 0 fully saturated rings. The number of hydrogen-bond acceptors (Lipinski definition) is 4. The van der Waals surface area contributed by atoms with Crippen LogP contribution in [0.1, 0.15) is 15.9 Å². The number of nitrogens with zero attached hydrogens (tertiary/aromatic N) is 3. The highest BCUT2D eigenvalue weighted by Crippen LogP contribution is 2.11. The van der Waals surface area contributed by atoms with E-state index < -0.39 is 4.92 Å². The fraction of sp³-hybridized carbons (Fsp3) is 0. The average Bonchev–Trinajstić information content (AvgIpc) is 3.17. The van der Waals surface area contributed by atoms with E-state index in [0.717, 1.165) is 5.69 Å². The van der Waals surface area contributed by atoms with Gasteiger partial charge in [0.05, 0.1) is 11.1 Å². The van der Waals surface area contributed by atoms with Crippen molar-refractivity contribution >= 4 is 17.8 Å². The van der Waals surface area contributed by atoms with Crippen LogP contribution in [-0.4, -0.2) is 21.6 Å². The molecule has 1 heterocycles. The van der Waals surface area contributed by atoms with Gasteiger partial charge in [0.15, 0.2) is 0 Å². The summed E-state index contributed by atoms with van der Waals surface area (Å²) in [5.41, 5.74) is 4.52. The molecule has 0 saturated carbocycles. The van der Waals surface area contributed by atoms with Crippen molar-refractivity contribution in [3.63, 3.8) is 0 Å². The molecule has 2 aromatic carbocycles. The van der Waals surface area contributed by atoms with Crippen LogP contribution in [0.5, 0.6) is 0 Å². The standard InChI is InChI=1S/C18H14N4O3/c23-18(15-5-9-16(10-6-15)21-11-1-2-12-21)20-19-13-14-3-7-17(8-4-14)22(24)25/h1-13H,(H,20,23). The van der Waals surface area contributed by atoms with Gasteiger partial charge in [-0.2, -0.15) is 5.10 Å². The minimum absolute atomic E-state index is 0.00367. The Hall–Kier alpha value is -3.74. The molecule has 7 nitrogen and oxygen atoms in total. The van der Waals surface area contributed by atoms with E-state index in [2.05, 4.69) is 10.5 Å². The van der Waals surface area contributed by atoms with Crippen LogP contribution >= 0.6 is 0 Å². The molecule has 124 valence electrons. The van der Waals surface area contributed by atoms with Crippen LogP contribution in [0.15, 0.2) is 78.2 Å². The van der Waals surface area contributed by atoms with Crippen molar-refractivity contribution in [2.45, 2.75) is 0 Å². The lowest BCUT2D eigenvalue weighted by Crippen LogP contribution is -2.17. The number of carbonyl (C=O) groups is 1. The summed E-state index contributed by atoms with van der Waals surface area (Å²) in [5.74, 6) is -0.336. The third-order valence-electron chi connectivity index (χ3n) is 3.52. The minimum Gasteiger partial charge on any atom is -0.324 e. The Morgan fingerprint density at radius 2 is 1.68 bits per heavy atom. The van der Waals surface area contributed by atoms with Crippen LogP contribution in [-0.2, 0) is 0 Å². The van der Waals surface area contributed by atoms with Crippen LogP contribution in [0.2, 0.25) is 0 Å². The number of carbonyl (C=O) groups excluding carboxylic acids is 1. The van der Waals surface area contributed by atoms with E-state index in [1.54, 1.807) is 24.3 Å². The van der Waals surface area contributed by atoms with E-state index in [1.807, 2.05) is 41.2 Å². The number of nitro benzene ring substituents is 1. The maximum Gasteiger partial charge on any atom is 0.271 e. The number of nitrogens with one attached hydrogen (secondary N) is 1. The van der Waals surface area contributed by atoms with Gasteiger partial charge in [-0.3, -0.25) is 14.9 Å². The van der Waals surface area contributed by atoms with Crippen molar-refractivity contribution in [1.29, 1.82) is 0 Å². The fourth-order valence-electron chi connectivity index (χ4n) is 2.20. The molecule has 0 saturated heterocycles. The number of amides is 1. The molecule has 1 N–H and O–H groups in total. The van der Waals surface area contributed by atoms with E-state index in [0.29, 0.717) is 11.1 Å². The predicted molar refractivity (Wildman–Crippen MR) is 93.9 cm³/mol. The van der Waals surface area contributed by atoms with Gasteiger partial charge < -0.3 is 4.57 Å². The largest absolute Gasteiger partial charge is 0.324 e. The Labute approximate surface area is 143 Å². The molecule has 0 spiro atoms. The molecule has 1 amide bonds. The first kappa shape index (κ1) is 16.1. The molecule has 3 aromatic rings. The number of aromatic nitrogens is 1. The Balaban J connectivity index is 1.61. The van der Waals surface area contributed by atoms with Gasteiger partial charge in [0.1, 0.15) is 0 Å². The van der Waals surface area contributed by atoms with Crippen LogP contribution in [0.25, 0.3) is 5.69 Å². The number of hydrogen-bond donors (Lipinski definition) is 1. The highest BCUT2D eigenvalue weighted by atomic mass is 16.6. The van der Waals surface area contributed by atoms with Crippen LogP contribution in [0.3, 0.4) is 0 Å². The monoisotopic (exact) mass is 334 g/mol. The maximum absolute atomic E-state index is 12.1. The lowest BCUT2D eigenvalue weighted by Gasteiger charge is -2.04. The molecular formula is C18H14N4O3. The van der Waals surface area contributed by atoms with Gasteiger partial charge in [-0.25, -0.2) is 5.43 Å². The summed E-state index contributed by atoms with van der Waals surface area (Å²) in [6.07, 6.45) is 5.27. The van der Waals surface area contributed by atoms with Crippen molar-refractivity contribution in [3.8, 4) is 5.69 Å². The molecule has 1 aromatic heterocycles. The van der Waals surface area contributed by atoms with Gasteiger partial charge in [0.25, 0.3) is 11.6 Å². The minimum atomic E-state index is -0.472. The Kier molecular flexibility index (Phi) is 4.66. The van der Waals surface area contributed by atoms with Crippen molar-refractivity contribution in [3.05, 3.63) is 94.3 Å². The van der Waals surface area contributed by atoms with Crippen molar-refractivity contribution in [2.24, 2.45) is 5.10 Å². The maximum atomic E-state index is 12.1. The molecule has 0 aliphatic heterocycles. The second kappa shape index (κ2) is 7.22. The Morgan fingerprint density at radius 3 is 2.28 bits per heavy atom. The van der Waals surface area contributed by atoms with E-state index in [4.69, 9.17) is 0 Å². The molecule has 7 heteroatoms. The average molecular weight is 334 g/mol. The number of benzene rings is 2. The molecule has 3 rings (SSSR count). The molecule has 0 aliphatic carbocycles. The van der Waals surface area contributed by atoms with Gasteiger partial charge in [-0.15, -0.1) is 0 Å². The second-order valence-electron chi connectivity index (χ2n) is 5.18. The SMILES string of the molecule is O=C(NN=Cc1ccc([N+](=O)[O-])cc1)c1ccc(-n2cccc2)cc1. The van der Waals surface area contributed by atoms with Gasteiger partial charge >= 0.3 is 0 Å². The smallest absolute Gasteiger partial charge is 0.271 e. The number of hydrazone groups is 1. The first-order valence-electron chi connectivity index (χ1n) is 7.45. The summed E-state index contributed by atoms with van der Waals surface area (Å²) in [6.45, 7) is 0. The van der Waals surface area contributed by atoms with E-state index in [9.17, 15) is 14.9 Å². The fourth-order valence-corrected chi connectivity index (χ4v) is 2.20. The quantitative estimate of drug-likeness (QED) is 0.441. The zero-order chi connectivity index (χ0) is 17.6. The van der Waals surface area contributed by atoms with Gasteiger partial charge in [0.2, 0.25) is 0 Å². The summed E-state index contributed by atoms with van der Waals surface area (Å²) in [4.78, 5) is 22.2. The third kappa shape index (κ3) is 3.97. The van der Waals surface area contributed by atoms with Crippen LogP contribution in [0, 0.1) is 10.1 Å². The molecule has 0 atom stereocenters. The first-order chi connectivity index (χ1) is 12.1. The van der Waals surface area contributed by atoms with Crippen molar-refractivity contribution < 1.29 is 9.72 Å². The summed E-state index contributed by atoms with van der Waals surface area (Å²) in [5, 5.41) is 14.5. The van der Waals surface area contributed by atoms with Crippen molar-refractivity contribution in [2.75, 3.05) is 0 Å². The van der Waals surface area contributed by atoms with Gasteiger partial charge in [-0.05, 0) is 54.1 Å². The number of non-ortho nitro benzene ring substituents is 1. The number of rotatable bonds is 5. The zero-order valence-electron chi connectivity index (χ0n) is 13.1.